The Labute approximate surface area is 269 Å². The van der Waals surface area contributed by atoms with Crippen LogP contribution in [-0.2, 0) is 11.2 Å². The number of rotatable bonds is 7. The zero-order valence-corrected chi connectivity index (χ0v) is 25.7. The number of hydrogen-bond acceptors (Lipinski definition) is 7. The van der Waals surface area contributed by atoms with Crippen molar-refractivity contribution in [3.63, 3.8) is 0 Å². The van der Waals surface area contributed by atoms with Crippen molar-refractivity contribution in [2.75, 3.05) is 50.8 Å². The van der Waals surface area contributed by atoms with Gasteiger partial charge in [0.15, 0.2) is 11.6 Å². The van der Waals surface area contributed by atoms with Gasteiger partial charge in [-0.05, 0) is 67.3 Å². The zero-order valence-electron chi connectivity index (χ0n) is 25.7. The van der Waals surface area contributed by atoms with Gasteiger partial charge >= 0.3 is 6.01 Å². The quantitative estimate of drug-likeness (QED) is 0.203. The third-order valence-electron chi connectivity index (χ3n) is 10.8. The molecule has 3 saturated heterocycles. The van der Waals surface area contributed by atoms with Crippen LogP contribution in [0.1, 0.15) is 42.7 Å². The SMILES string of the molecule is [C-]#[N+]C[C@H]1CN(c2nc(OC[C@@]34CCCN3C[C@H](F)C4)nc3c(F)c(-c4ccc(F)c5c4C[C@@H]4C[C@H]54)ncc23)CCN1C(=O)C(=C)F. The number of carbonyl (C=O) groups is 1. The lowest BCUT2D eigenvalue weighted by Gasteiger charge is -2.39. The van der Waals surface area contributed by atoms with Gasteiger partial charge in [-0.1, -0.05) is 6.58 Å². The molecule has 0 bridgehead atoms. The summed E-state index contributed by atoms with van der Waals surface area (Å²) in [6, 6.07) is 2.18. The first-order valence-corrected chi connectivity index (χ1v) is 16.1. The molecule has 0 N–H and O–H groups in total. The number of pyridine rings is 1. The van der Waals surface area contributed by atoms with Crippen LogP contribution in [-0.4, -0.2) is 94.3 Å². The van der Waals surface area contributed by atoms with Crippen LogP contribution in [0.4, 0.5) is 23.4 Å². The molecule has 5 heterocycles. The smallest absolute Gasteiger partial charge is 0.319 e. The van der Waals surface area contributed by atoms with Gasteiger partial charge in [0, 0.05) is 44.4 Å². The van der Waals surface area contributed by atoms with Crippen molar-refractivity contribution in [2.45, 2.75) is 55.8 Å². The molecule has 5 aliphatic rings. The van der Waals surface area contributed by atoms with E-state index in [4.69, 9.17) is 16.3 Å². The third kappa shape index (κ3) is 4.91. The highest BCUT2D eigenvalue weighted by molar-refractivity contribution is 5.93. The number of benzene rings is 1. The van der Waals surface area contributed by atoms with Gasteiger partial charge in [0.05, 0.1) is 10.9 Å². The first kappa shape index (κ1) is 30.1. The lowest BCUT2D eigenvalue weighted by atomic mass is 9.95. The Balaban J connectivity index is 1.20. The Hall–Kier alpha value is -4.31. The Morgan fingerprint density at radius 2 is 2.04 bits per heavy atom. The predicted molar refractivity (Wildman–Crippen MR) is 165 cm³/mol. The standard InChI is InChI=1S/C34H33F4N7O2/c1-18(35)32(46)45-9-8-43(16-21(45)13-39-2)31-25-14-40-29(22-4-5-26(37)27-23-10-19(23)11-24(22)27)28(38)30(25)41-33(42-31)47-17-34-6-3-7-44(34)15-20(36)12-34/h4-5,14,19-21,23H,1,3,6-13,15-17H2/t19-,20+,21-,23-,34-/m0/s1. The van der Waals surface area contributed by atoms with Crippen molar-refractivity contribution in [1.82, 2.24) is 24.8 Å². The fourth-order valence-electron chi connectivity index (χ4n) is 8.46. The number of fused-ring (bicyclic) bond motifs is 5. The summed E-state index contributed by atoms with van der Waals surface area (Å²) in [6.45, 7) is 12.1. The third-order valence-corrected chi connectivity index (χ3v) is 10.8. The van der Waals surface area contributed by atoms with Crippen LogP contribution < -0.4 is 9.64 Å². The van der Waals surface area contributed by atoms with Crippen LogP contribution >= 0.6 is 0 Å². The van der Waals surface area contributed by atoms with Crippen LogP contribution in [0, 0.1) is 24.1 Å². The maximum atomic E-state index is 16.7. The van der Waals surface area contributed by atoms with Gasteiger partial charge in [-0.3, -0.25) is 14.7 Å². The van der Waals surface area contributed by atoms with E-state index in [1.54, 1.807) is 11.0 Å². The maximum absolute atomic E-state index is 16.7. The van der Waals surface area contributed by atoms with E-state index in [2.05, 4.69) is 26.3 Å². The number of piperazine rings is 1. The molecule has 2 aliphatic carbocycles. The lowest BCUT2D eigenvalue weighted by Crippen LogP contribution is -2.56. The molecule has 1 aromatic carbocycles. The van der Waals surface area contributed by atoms with E-state index in [-0.39, 0.29) is 61.7 Å². The molecule has 0 spiro atoms. The number of anilines is 1. The normalized spacial score (nSPS) is 27.8. The van der Waals surface area contributed by atoms with Gasteiger partial charge in [-0.15, -0.1) is 0 Å². The highest BCUT2D eigenvalue weighted by Gasteiger charge is 2.50. The molecule has 3 aliphatic heterocycles. The molecule has 1 saturated carbocycles. The van der Waals surface area contributed by atoms with Gasteiger partial charge in [0.2, 0.25) is 6.54 Å². The van der Waals surface area contributed by atoms with Crippen LogP contribution in [0.25, 0.3) is 27.0 Å². The minimum absolute atomic E-state index is 0.0378. The molecule has 5 atom stereocenters. The van der Waals surface area contributed by atoms with E-state index >= 15 is 4.39 Å². The Bertz CT molecular complexity index is 1870. The molecule has 244 valence electrons. The number of alkyl halides is 1. The van der Waals surface area contributed by atoms with Crippen molar-refractivity contribution in [2.24, 2.45) is 5.92 Å². The molecule has 3 aromatic rings. The molecule has 4 fully saturated rings. The average molecular weight is 648 g/mol. The largest absolute Gasteiger partial charge is 0.461 e. The molecule has 2 aromatic heterocycles. The average Bonchev–Trinajstić information content (AvgIpc) is 3.36. The number of carbonyl (C=O) groups excluding carboxylic acids is 1. The van der Waals surface area contributed by atoms with Gasteiger partial charge in [-0.2, -0.15) is 9.97 Å². The number of amides is 1. The van der Waals surface area contributed by atoms with E-state index in [0.717, 1.165) is 31.4 Å². The van der Waals surface area contributed by atoms with Crippen LogP contribution in [0.5, 0.6) is 6.01 Å². The Morgan fingerprint density at radius 1 is 1.19 bits per heavy atom. The van der Waals surface area contributed by atoms with E-state index in [0.29, 0.717) is 47.6 Å². The second-order valence-corrected chi connectivity index (χ2v) is 13.5. The molecule has 47 heavy (non-hydrogen) atoms. The number of aromatic nitrogens is 3. The summed E-state index contributed by atoms with van der Waals surface area (Å²) >= 11 is 0. The highest BCUT2D eigenvalue weighted by atomic mass is 19.1. The molecule has 0 radical (unpaired) electrons. The second-order valence-electron chi connectivity index (χ2n) is 13.5. The minimum atomic E-state index is -1.11. The fraction of sp³-hybridized carbons (Fsp3) is 0.500. The molecule has 8 rings (SSSR count). The van der Waals surface area contributed by atoms with Gasteiger partial charge in [0.25, 0.3) is 5.91 Å². The second kappa shape index (κ2) is 11.1. The summed E-state index contributed by atoms with van der Waals surface area (Å²) < 4.78 is 66.0. The first-order valence-electron chi connectivity index (χ1n) is 16.1. The van der Waals surface area contributed by atoms with Gasteiger partial charge in [-0.25, -0.2) is 24.1 Å². The summed E-state index contributed by atoms with van der Waals surface area (Å²) in [4.78, 5) is 34.9. The maximum Gasteiger partial charge on any atom is 0.319 e. The van der Waals surface area contributed by atoms with Crippen molar-refractivity contribution < 1.29 is 27.1 Å². The molecule has 1 amide bonds. The monoisotopic (exact) mass is 647 g/mol. The van der Waals surface area contributed by atoms with Crippen LogP contribution in [0.3, 0.4) is 0 Å². The lowest BCUT2D eigenvalue weighted by molar-refractivity contribution is -0.131. The summed E-state index contributed by atoms with van der Waals surface area (Å²) in [6.07, 6.45) is 4.16. The highest BCUT2D eigenvalue weighted by Crippen LogP contribution is 2.58. The molecular formula is C34H33F4N7O2. The summed E-state index contributed by atoms with van der Waals surface area (Å²) in [5, 5.41) is 0.293. The summed E-state index contributed by atoms with van der Waals surface area (Å²) in [7, 11) is 0. The summed E-state index contributed by atoms with van der Waals surface area (Å²) in [5.41, 5.74) is 1.50. The molecule has 0 unspecified atom stereocenters. The van der Waals surface area contributed by atoms with Crippen molar-refractivity contribution in [3.05, 3.63) is 64.9 Å². The van der Waals surface area contributed by atoms with Crippen molar-refractivity contribution >= 4 is 22.6 Å². The molecule has 13 heteroatoms. The van der Waals surface area contributed by atoms with Crippen molar-refractivity contribution in [3.8, 4) is 17.3 Å². The Morgan fingerprint density at radius 3 is 2.85 bits per heavy atom. The number of nitrogens with zero attached hydrogens (tertiary/aromatic N) is 7. The zero-order chi connectivity index (χ0) is 32.6. The summed E-state index contributed by atoms with van der Waals surface area (Å²) in [5.74, 6) is -2.12. The number of ether oxygens (including phenoxy) is 1. The minimum Gasteiger partial charge on any atom is -0.461 e. The topological polar surface area (TPSA) is 79.1 Å². The predicted octanol–water partition coefficient (Wildman–Crippen LogP) is 5.00. The molecule has 9 nitrogen and oxygen atoms in total. The van der Waals surface area contributed by atoms with Crippen LogP contribution in [0.15, 0.2) is 30.7 Å². The number of hydrogen-bond donors (Lipinski definition) is 0. The van der Waals surface area contributed by atoms with Gasteiger partial charge in [0.1, 0.15) is 41.7 Å². The first-order chi connectivity index (χ1) is 22.7. The van der Waals surface area contributed by atoms with E-state index in [9.17, 15) is 18.0 Å². The fourth-order valence-corrected chi connectivity index (χ4v) is 8.46. The van der Waals surface area contributed by atoms with Gasteiger partial charge < -0.3 is 19.4 Å². The van der Waals surface area contributed by atoms with E-state index in [1.165, 1.54) is 17.2 Å². The van der Waals surface area contributed by atoms with Crippen molar-refractivity contribution in [1.29, 1.82) is 0 Å². The number of halogens is 4. The van der Waals surface area contributed by atoms with E-state index < -0.39 is 35.3 Å². The van der Waals surface area contributed by atoms with E-state index in [1.807, 2.05) is 0 Å². The molecular weight excluding hydrogens is 614 g/mol. The van der Waals surface area contributed by atoms with Crippen LogP contribution in [0.2, 0.25) is 0 Å². The Kier molecular flexibility index (Phi) is 7.13.